The number of hydrogen-bond donors (Lipinski definition) is 2. The predicted octanol–water partition coefficient (Wildman–Crippen LogP) is 4.44. The van der Waals surface area contributed by atoms with Crippen LogP contribution in [0.3, 0.4) is 0 Å². The molecule has 0 aliphatic heterocycles. The molecule has 0 aromatic heterocycles. The van der Waals surface area contributed by atoms with E-state index >= 15 is 0 Å². The summed E-state index contributed by atoms with van der Waals surface area (Å²) in [6.45, 7) is 5.67. The van der Waals surface area contributed by atoms with Gasteiger partial charge in [-0.05, 0) is 62.9 Å². The van der Waals surface area contributed by atoms with Crippen molar-refractivity contribution in [2.45, 2.75) is 58.9 Å². The molecule has 2 aromatic carbocycles. The minimum absolute atomic E-state index is 0.125. The zero-order chi connectivity index (χ0) is 25.2. The Kier molecular flexibility index (Phi) is 9.52. The van der Waals surface area contributed by atoms with Gasteiger partial charge in [0.05, 0.1) is 13.3 Å². The minimum atomic E-state index is -0.257. The molecule has 0 heterocycles. The van der Waals surface area contributed by atoms with Crippen molar-refractivity contribution in [3.8, 4) is 11.5 Å². The van der Waals surface area contributed by atoms with Crippen LogP contribution in [0.5, 0.6) is 11.5 Å². The van der Waals surface area contributed by atoms with Gasteiger partial charge in [-0.25, -0.2) is 0 Å². The fourth-order valence-electron chi connectivity index (χ4n) is 4.29. The van der Waals surface area contributed by atoms with Gasteiger partial charge in [0, 0.05) is 17.3 Å². The standard InChI is InChI=1S/C27H35N3O5/c1-18-12-19(2)27(20(3)13-18)30-25(31)16-34-23-11-10-21(14-24(23)33-4)15-28-35-17-26(32)29-22-8-6-5-7-9-22/h10-15,22H,5-9,16-17H2,1-4H3,(H,29,32)(H,30,31)/b28-15-. The number of anilines is 1. The van der Waals surface area contributed by atoms with E-state index in [1.165, 1.54) is 19.7 Å². The van der Waals surface area contributed by atoms with E-state index in [1.54, 1.807) is 18.2 Å². The Bertz CT molecular complexity index is 1040. The lowest BCUT2D eigenvalue weighted by Crippen LogP contribution is -2.38. The van der Waals surface area contributed by atoms with Gasteiger partial charge in [0.15, 0.2) is 24.7 Å². The lowest BCUT2D eigenvalue weighted by atomic mass is 9.95. The van der Waals surface area contributed by atoms with Crippen molar-refractivity contribution >= 4 is 23.7 Å². The van der Waals surface area contributed by atoms with Crippen LogP contribution in [0.4, 0.5) is 5.69 Å². The first-order chi connectivity index (χ1) is 16.9. The molecule has 0 saturated heterocycles. The van der Waals surface area contributed by atoms with Gasteiger partial charge in [-0.2, -0.15) is 0 Å². The van der Waals surface area contributed by atoms with Crippen LogP contribution in [0.25, 0.3) is 0 Å². The first kappa shape index (κ1) is 26.1. The van der Waals surface area contributed by atoms with Gasteiger partial charge in [0.2, 0.25) is 0 Å². The Labute approximate surface area is 207 Å². The Balaban J connectivity index is 1.48. The summed E-state index contributed by atoms with van der Waals surface area (Å²) in [4.78, 5) is 29.6. The van der Waals surface area contributed by atoms with E-state index in [0.717, 1.165) is 48.1 Å². The molecule has 35 heavy (non-hydrogen) atoms. The van der Waals surface area contributed by atoms with Crippen molar-refractivity contribution in [3.05, 3.63) is 52.6 Å². The number of benzene rings is 2. The monoisotopic (exact) mass is 481 g/mol. The molecular weight excluding hydrogens is 446 g/mol. The highest BCUT2D eigenvalue weighted by molar-refractivity contribution is 5.93. The van der Waals surface area contributed by atoms with Crippen LogP contribution in [-0.2, 0) is 14.4 Å². The van der Waals surface area contributed by atoms with E-state index in [-0.39, 0.29) is 31.1 Å². The lowest BCUT2D eigenvalue weighted by Gasteiger charge is -2.22. The Hall–Kier alpha value is -3.55. The molecule has 1 aliphatic carbocycles. The van der Waals surface area contributed by atoms with Gasteiger partial charge in [-0.1, -0.05) is 42.1 Å². The number of nitrogens with one attached hydrogen (secondary N) is 2. The number of ether oxygens (including phenoxy) is 2. The molecule has 3 rings (SSSR count). The molecule has 2 aromatic rings. The van der Waals surface area contributed by atoms with Crippen molar-refractivity contribution in [1.82, 2.24) is 5.32 Å². The summed E-state index contributed by atoms with van der Waals surface area (Å²) in [6.07, 6.45) is 7.09. The number of oxime groups is 1. The summed E-state index contributed by atoms with van der Waals surface area (Å²) in [5, 5.41) is 9.78. The van der Waals surface area contributed by atoms with E-state index in [9.17, 15) is 9.59 Å². The lowest BCUT2D eigenvalue weighted by molar-refractivity contribution is -0.126. The normalized spacial score (nSPS) is 13.9. The number of methoxy groups -OCH3 is 1. The average Bonchev–Trinajstić information content (AvgIpc) is 2.83. The van der Waals surface area contributed by atoms with Crippen LogP contribution in [0, 0.1) is 20.8 Å². The molecule has 1 fully saturated rings. The van der Waals surface area contributed by atoms with Crippen molar-refractivity contribution in [3.63, 3.8) is 0 Å². The average molecular weight is 482 g/mol. The summed E-state index contributed by atoms with van der Waals surface area (Å²) in [5.41, 5.74) is 4.67. The summed E-state index contributed by atoms with van der Waals surface area (Å²) >= 11 is 0. The number of nitrogens with zero attached hydrogens (tertiary/aromatic N) is 1. The molecule has 8 nitrogen and oxygen atoms in total. The smallest absolute Gasteiger partial charge is 0.262 e. The highest BCUT2D eigenvalue weighted by atomic mass is 16.6. The van der Waals surface area contributed by atoms with E-state index in [2.05, 4.69) is 15.8 Å². The second-order valence-corrected chi connectivity index (χ2v) is 8.93. The maximum Gasteiger partial charge on any atom is 0.262 e. The third-order valence-corrected chi connectivity index (χ3v) is 5.93. The molecule has 8 heteroatoms. The predicted molar refractivity (Wildman–Crippen MR) is 136 cm³/mol. The molecule has 0 spiro atoms. The summed E-state index contributed by atoms with van der Waals surface area (Å²) in [5.74, 6) is 0.474. The Morgan fingerprint density at radius 3 is 2.37 bits per heavy atom. The number of carbonyl (C=O) groups excluding carboxylic acids is 2. The number of rotatable bonds is 10. The molecule has 2 N–H and O–H groups in total. The van der Waals surface area contributed by atoms with Gasteiger partial charge < -0.3 is 24.9 Å². The quantitative estimate of drug-likeness (QED) is 0.386. The summed E-state index contributed by atoms with van der Waals surface area (Å²) < 4.78 is 11.1. The van der Waals surface area contributed by atoms with Crippen LogP contribution in [0.15, 0.2) is 35.5 Å². The molecular formula is C27H35N3O5. The summed E-state index contributed by atoms with van der Waals surface area (Å²) in [6, 6.07) is 9.48. The summed E-state index contributed by atoms with van der Waals surface area (Å²) in [7, 11) is 1.52. The maximum atomic E-state index is 12.4. The fourth-order valence-corrected chi connectivity index (χ4v) is 4.29. The zero-order valence-corrected chi connectivity index (χ0v) is 21.0. The number of amides is 2. The van der Waals surface area contributed by atoms with E-state index in [1.807, 2.05) is 32.9 Å². The van der Waals surface area contributed by atoms with Crippen LogP contribution in [0.1, 0.15) is 54.4 Å². The fraction of sp³-hybridized carbons (Fsp3) is 0.444. The minimum Gasteiger partial charge on any atom is -0.493 e. The van der Waals surface area contributed by atoms with Crippen molar-refractivity contribution < 1.29 is 23.9 Å². The number of hydrogen-bond acceptors (Lipinski definition) is 6. The van der Waals surface area contributed by atoms with Gasteiger partial charge in [-0.15, -0.1) is 0 Å². The third kappa shape index (κ3) is 8.02. The van der Waals surface area contributed by atoms with Gasteiger partial charge in [0.1, 0.15) is 0 Å². The van der Waals surface area contributed by atoms with Gasteiger partial charge in [0.25, 0.3) is 11.8 Å². The van der Waals surface area contributed by atoms with Gasteiger partial charge >= 0.3 is 0 Å². The number of carbonyl (C=O) groups is 2. The van der Waals surface area contributed by atoms with E-state index < -0.39 is 0 Å². The highest BCUT2D eigenvalue weighted by Crippen LogP contribution is 2.28. The molecule has 2 amide bonds. The Morgan fingerprint density at radius 2 is 1.69 bits per heavy atom. The Morgan fingerprint density at radius 1 is 0.971 bits per heavy atom. The van der Waals surface area contributed by atoms with E-state index in [4.69, 9.17) is 14.3 Å². The van der Waals surface area contributed by atoms with Gasteiger partial charge in [-0.3, -0.25) is 9.59 Å². The maximum absolute atomic E-state index is 12.4. The second kappa shape index (κ2) is 12.8. The topological polar surface area (TPSA) is 98.2 Å². The largest absolute Gasteiger partial charge is 0.493 e. The molecule has 0 unspecified atom stereocenters. The second-order valence-electron chi connectivity index (χ2n) is 8.93. The first-order valence-electron chi connectivity index (χ1n) is 12.0. The van der Waals surface area contributed by atoms with Crippen LogP contribution in [-0.4, -0.2) is 44.4 Å². The number of aryl methyl sites for hydroxylation is 3. The van der Waals surface area contributed by atoms with Crippen molar-refractivity contribution in [2.24, 2.45) is 5.16 Å². The van der Waals surface area contributed by atoms with Crippen LogP contribution < -0.4 is 20.1 Å². The molecule has 0 bridgehead atoms. The molecule has 1 saturated carbocycles. The molecule has 1 aliphatic rings. The molecule has 0 radical (unpaired) electrons. The SMILES string of the molecule is COc1cc(/C=N\OCC(=O)NC2CCCCC2)ccc1OCC(=O)Nc1c(C)cc(C)cc1C. The highest BCUT2D eigenvalue weighted by Gasteiger charge is 2.16. The third-order valence-electron chi connectivity index (χ3n) is 5.93. The zero-order valence-electron chi connectivity index (χ0n) is 21.0. The van der Waals surface area contributed by atoms with E-state index in [0.29, 0.717) is 17.1 Å². The van der Waals surface area contributed by atoms with Crippen LogP contribution >= 0.6 is 0 Å². The van der Waals surface area contributed by atoms with Crippen LogP contribution in [0.2, 0.25) is 0 Å². The molecule has 188 valence electrons. The van der Waals surface area contributed by atoms with Crippen molar-refractivity contribution in [1.29, 1.82) is 0 Å². The molecule has 0 atom stereocenters. The first-order valence-corrected chi connectivity index (χ1v) is 12.0. The van der Waals surface area contributed by atoms with Crippen molar-refractivity contribution in [2.75, 3.05) is 25.6 Å².